The predicted octanol–water partition coefficient (Wildman–Crippen LogP) is 2.65. The van der Waals surface area contributed by atoms with Crippen LogP contribution in [0.4, 0.5) is 0 Å². The van der Waals surface area contributed by atoms with E-state index in [1.807, 2.05) is 48.7 Å². The molecule has 2 aromatic heterocycles. The van der Waals surface area contributed by atoms with Gasteiger partial charge in [0.15, 0.2) is 0 Å². The molecule has 0 spiro atoms. The number of furan rings is 1. The van der Waals surface area contributed by atoms with E-state index in [9.17, 15) is 0 Å². The molecule has 0 aliphatic rings. The average Bonchev–Trinajstić information content (AvgIpc) is 2.96. The number of hydrogen-bond donors (Lipinski definition) is 0. The van der Waals surface area contributed by atoms with E-state index in [1.54, 1.807) is 10.9 Å². The Morgan fingerprint density at radius 3 is 2.94 bits per heavy atom. The van der Waals surface area contributed by atoms with Gasteiger partial charge in [0, 0.05) is 6.20 Å². The van der Waals surface area contributed by atoms with E-state index in [2.05, 4.69) is 10.3 Å². The highest BCUT2D eigenvalue weighted by Crippen LogP contribution is 2.11. The van der Waals surface area contributed by atoms with Crippen LogP contribution in [0.2, 0.25) is 0 Å². The van der Waals surface area contributed by atoms with Crippen LogP contribution in [0.15, 0.2) is 47.1 Å². The smallest absolute Gasteiger partial charge is 0.128 e. The summed E-state index contributed by atoms with van der Waals surface area (Å²) >= 11 is 0. The fourth-order valence-electron chi connectivity index (χ4n) is 1.53. The fourth-order valence-corrected chi connectivity index (χ4v) is 1.53. The summed E-state index contributed by atoms with van der Waals surface area (Å²) in [7, 11) is 0. The molecule has 2 heterocycles. The fraction of sp³-hybridized carbons (Fsp3) is 0. The van der Waals surface area contributed by atoms with E-state index in [0.29, 0.717) is 0 Å². The van der Waals surface area contributed by atoms with Crippen molar-refractivity contribution in [3.8, 4) is 0 Å². The third kappa shape index (κ3) is 1.50. The predicted molar refractivity (Wildman–Crippen MR) is 61.5 cm³/mol. The maximum absolute atomic E-state index is 5.20. The van der Waals surface area contributed by atoms with Crippen LogP contribution < -0.4 is 0 Å². The third-order valence-electron chi connectivity index (χ3n) is 2.30. The number of rotatable bonds is 2. The van der Waals surface area contributed by atoms with Crippen LogP contribution in [0, 0.1) is 0 Å². The Bertz CT molecular complexity index is 623. The lowest BCUT2D eigenvalue weighted by molar-refractivity contribution is 0.557. The SMILES string of the molecule is C(=C\n1nnc2ccccc21)/c1ccco1. The molecule has 0 radical (unpaired) electrons. The molecule has 78 valence electrons. The van der Waals surface area contributed by atoms with Gasteiger partial charge in [0.2, 0.25) is 0 Å². The molecule has 3 aromatic rings. The summed E-state index contributed by atoms with van der Waals surface area (Å²) in [5.74, 6) is 0.791. The molecule has 4 nitrogen and oxygen atoms in total. The number of benzene rings is 1. The Hall–Kier alpha value is -2.36. The van der Waals surface area contributed by atoms with Crippen molar-refractivity contribution in [3.63, 3.8) is 0 Å². The van der Waals surface area contributed by atoms with Crippen molar-refractivity contribution in [1.29, 1.82) is 0 Å². The summed E-state index contributed by atoms with van der Waals surface area (Å²) in [5.41, 5.74) is 1.86. The third-order valence-corrected chi connectivity index (χ3v) is 2.30. The summed E-state index contributed by atoms with van der Waals surface area (Å²) in [4.78, 5) is 0. The number of hydrogen-bond acceptors (Lipinski definition) is 3. The van der Waals surface area contributed by atoms with E-state index >= 15 is 0 Å². The Balaban J connectivity index is 2.01. The minimum absolute atomic E-state index is 0.791. The van der Waals surface area contributed by atoms with Gasteiger partial charge in [-0.15, -0.1) is 5.10 Å². The van der Waals surface area contributed by atoms with Gasteiger partial charge in [0.25, 0.3) is 0 Å². The van der Waals surface area contributed by atoms with Crippen LogP contribution in [0.25, 0.3) is 23.3 Å². The molecule has 0 fully saturated rings. The van der Waals surface area contributed by atoms with Gasteiger partial charge in [-0.25, -0.2) is 4.68 Å². The molecule has 0 saturated carbocycles. The number of fused-ring (bicyclic) bond motifs is 1. The first kappa shape index (κ1) is 8.91. The zero-order valence-corrected chi connectivity index (χ0v) is 8.45. The van der Waals surface area contributed by atoms with Crippen LogP contribution >= 0.6 is 0 Å². The highest BCUT2D eigenvalue weighted by atomic mass is 16.3. The van der Waals surface area contributed by atoms with Crippen molar-refractivity contribution in [2.45, 2.75) is 0 Å². The molecule has 0 unspecified atom stereocenters. The van der Waals surface area contributed by atoms with Crippen LogP contribution in [-0.4, -0.2) is 15.0 Å². The van der Waals surface area contributed by atoms with Gasteiger partial charge in [0.05, 0.1) is 11.8 Å². The Morgan fingerprint density at radius 1 is 1.12 bits per heavy atom. The van der Waals surface area contributed by atoms with Gasteiger partial charge in [-0.3, -0.25) is 0 Å². The minimum Gasteiger partial charge on any atom is -0.465 e. The Labute approximate surface area is 91.8 Å². The van der Waals surface area contributed by atoms with E-state index in [1.165, 1.54) is 0 Å². The van der Waals surface area contributed by atoms with E-state index < -0.39 is 0 Å². The summed E-state index contributed by atoms with van der Waals surface area (Å²) in [5, 5.41) is 8.08. The summed E-state index contributed by atoms with van der Waals surface area (Å²) in [6.45, 7) is 0. The van der Waals surface area contributed by atoms with Gasteiger partial charge in [-0.2, -0.15) is 0 Å². The van der Waals surface area contributed by atoms with Crippen molar-refractivity contribution in [1.82, 2.24) is 15.0 Å². The summed E-state index contributed by atoms with van der Waals surface area (Å²) in [6, 6.07) is 11.5. The molecule has 0 bridgehead atoms. The molecule has 0 amide bonds. The Morgan fingerprint density at radius 2 is 2.06 bits per heavy atom. The van der Waals surface area contributed by atoms with Gasteiger partial charge in [0.1, 0.15) is 11.3 Å². The quantitative estimate of drug-likeness (QED) is 0.654. The first-order valence-corrected chi connectivity index (χ1v) is 4.95. The highest BCUT2D eigenvalue weighted by Gasteiger charge is 1.99. The molecule has 3 rings (SSSR count). The summed E-state index contributed by atoms with van der Waals surface area (Å²) in [6.07, 6.45) is 5.31. The second kappa shape index (κ2) is 3.66. The van der Waals surface area contributed by atoms with Gasteiger partial charge >= 0.3 is 0 Å². The molecule has 4 heteroatoms. The van der Waals surface area contributed by atoms with Crippen molar-refractivity contribution in [2.75, 3.05) is 0 Å². The van der Waals surface area contributed by atoms with Gasteiger partial charge in [-0.05, 0) is 30.3 Å². The second-order valence-electron chi connectivity index (χ2n) is 3.35. The normalized spacial score (nSPS) is 11.5. The molecule has 0 aliphatic carbocycles. The van der Waals surface area contributed by atoms with Crippen LogP contribution in [0.3, 0.4) is 0 Å². The van der Waals surface area contributed by atoms with E-state index in [-0.39, 0.29) is 0 Å². The van der Waals surface area contributed by atoms with Crippen LogP contribution in [-0.2, 0) is 0 Å². The standard InChI is InChI=1S/C12H9N3O/c1-2-6-12-11(5-1)13-14-15(12)8-7-10-4-3-9-16-10/h1-9H/b8-7+. The molecular formula is C12H9N3O. The van der Waals surface area contributed by atoms with Crippen molar-refractivity contribution in [2.24, 2.45) is 0 Å². The molecule has 1 aromatic carbocycles. The molecule has 0 aliphatic heterocycles. The molecule has 0 atom stereocenters. The van der Waals surface area contributed by atoms with E-state index in [0.717, 1.165) is 16.8 Å². The first-order valence-electron chi connectivity index (χ1n) is 4.95. The monoisotopic (exact) mass is 211 g/mol. The van der Waals surface area contributed by atoms with E-state index in [4.69, 9.17) is 4.42 Å². The zero-order valence-electron chi connectivity index (χ0n) is 8.45. The van der Waals surface area contributed by atoms with Crippen molar-refractivity contribution < 1.29 is 4.42 Å². The largest absolute Gasteiger partial charge is 0.465 e. The number of para-hydroxylation sites is 1. The van der Waals surface area contributed by atoms with Crippen LogP contribution in [0.5, 0.6) is 0 Å². The molecule has 0 N–H and O–H groups in total. The molecule has 16 heavy (non-hydrogen) atoms. The topological polar surface area (TPSA) is 43.9 Å². The average molecular weight is 211 g/mol. The maximum Gasteiger partial charge on any atom is 0.128 e. The lowest BCUT2D eigenvalue weighted by atomic mass is 10.3. The lowest BCUT2D eigenvalue weighted by Crippen LogP contribution is -1.87. The minimum atomic E-state index is 0.791. The van der Waals surface area contributed by atoms with Crippen molar-refractivity contribution in [3.05, 3.63) is 48.4 Å². The first-order chi connectivity index (χ1) is 7.93. The van der Waals surface area contributed by atoms with Gasteiger partial charge in [-0.1, -0.05) is 17.3 Å². The number of aromatic nitrogens is 3. The van der Waals surface area contributed by atoms with Crippen molar-refractivity contribution >= 4 is 23.3 Å². The Kier molecular flexibility index (Phi) is 2.04. The zero-order chi connectivity index (χ0) is 10.8. The maximum atomic E-state index is 5.20. The summed E-state index contributed by atoms with van der Waals surface area (Å²) < 4.78 is 6.92. The van der Waals surface area contributed by atoms with Crippen LogP contribution in [0.1, 0.15) is 5.76 Å². The lowest BCUT2D eigenvalue weighted by Gasteiger charge is -1.91. The second-order valence-corrected chi connectivity index (χ2v) is 3.35. The highest BCUT2D eigenvalue weighted by molar-refractivity contribution is 5.77. The molecular weight excluding hydrogens is 202 g/mol. The molecule has 0 saturated heterocycles. The number of nitrogens with zero attached hydrogens (tertiary/aromatic N) is 3. The van der Waals surface area contributed by atoms with Gasteiger partial charge < -0.3 is 4.42 Å².